The van der Waals surface area contributed by atoms with E-state index in [0.717, 1.165) is 36.8 Å². The summed E-state index contributed by atoms with van der Waals surface area (Å²) < 4.78 is 25.2. The van der Waals surface area contributed by atoms with Crippen LogP contribution in [0.3, 0.4) is 0 Å². The summed E-state index contributed by atoms with van der Waals surface area (Å²) >= 11 is 1.29. The molecular formula is C26H27NO4S2. The number of hydrogen-bond donors (Lipinski definition) is 0. The van der Waals surface area contributed by atoms with Crippen molar-refractivity contribution in [1.29, 1.82) is 0 Å². The first-order chi connectivity index (χ1) is 15.8. The van der Waals surface area contributed by atoms with E-state index in [1.54, 1.807) is 35.7 Å². The van der Waals surface area contributed by atoms with E-state index < -0.39 is 9.84 Å². The Kier molecular flexibility index (Phi) is 7.20. The zero-order chi connectivity index (χ0) is 23.4. The monoisotopic (exact) mass is 481 g/mol. The number of carbonyl (C=O) groups is 2. The minimum atomic E-state index is -3.48. The van der Waals surface area contributed by atoms with Crippen LogP contribution in [0.1, 0.15) is 57.9 Å². The van der Waals surface area contributed by atoms with Crippen LogP contribution < -0.4 is 0 Å². The highest BCUT2D eigenvalue weighted by Crippen LogP contribution is 2.30. The molecule has 0 saturated heterocycles. The molecule has 0 bridgehead atoms. The number of hydrogen-bond acceptors (Lipinski definition) is 6. The van der Waals surface area contributed by atoms with Gasteiger partial charge in [-0.15, -0.1) is 11.3 Å². The molecule has 5 nitrogen and oxygen atoms in total. The SMILES string of the molecule is Cc1ccc(CC(=O)Cc2nc(CS(=O)(=O)c3ccccc3)cs2)c(C(=O)C2CCCC2)c1. The van der Waals surface area contributed by atoms with Gasteiger partial charge in [-0.25, -0.2) is 13.4 Å². The number of aromatic nitrogens is 1. The summed E-state index contributed by atoms with van der Waals surface area (Å²) in [6.07, 6.45) is 4.32. The summed E-state index contributed by atoms with van der Waals surface area (Å²) in [5.41, 5.74) is 2.89. The molecule has 7 heteroatoms. The lowest BCUT2D eigenvalue weighted by molar-refractivity contribution is -0.117. The molecule has 1 aliphatic rings. The largest absolute Gasteiger partial charge is 0.299 e. The van der Waals surface area contributed by atoms with Gasteiger partial charge in [0.05, 0.1) is 22.8 Å². The van der Waals surface area contributed by atoms with E-state index in [0.29, 0.717) is 16.3 Å². The van der Waals surface area contributed by atoms with Crippen LogP contribution in [0, 0.1) is 12.8 Å². The molecule has 0 aliphatic heterocycles. The molecule has 1 aliphatic carbocycles. The summed E-state index contributed by atoms with van der Waals surface area (Å²) in [7, 11) is -3.48. The van der Waals surface area contributed by atoms with Crippen LogP contribution in [0.4, 0.5) is 0 Å². The fraction of sp³-hybridized carbons (Fsp3) is 0.346. The van der Waals surface area contributed by atoms with E-state index >= 15 is 0 Å². The van der Waals surface area contributed by atoms with Crippen LogP contribution in [-0.4, -0.2) is 25.0 Å². The highest BCUT2D eigenvalue weighted by molar-refractivity contribution is 7.90. The first-order valence-electron chi connectivity index (χ1n) is 11.2. The minimum absolute atomic E-state index is 0.0360. The van der Waals surface area contributed by atoms with Crippen LogP contribution >= 0.6 is 11.3 Å². The van der Waals surface area contributed by atoms with Gasteiger partial charge in [0.2, 0.25) is 0 Å². The molecule has 0 spiro atoms. The smallest absolute Gasteiger partial charge is 0.184 e. The van der Waals surface area contributed by atoms with Crippen LogP contribution in [-0.2, 0) is 33.2 Å². The Morgan fingerprint density at radius 2 is 1.76 bits per heavy atom. The summed E-state index contributed by atoms with van der Waals surface area (Å²) in [5, 5.41) is 2.29. The molecular weight excluding hydrogens is 454 g/mol. The molecule has 1 aromatic heterocycles. The zero-order valence-corrected chi connectivity index (χ0v) is 20.3. The predicted octanol–water partition coefficient (Wildman–Crippen LogP) is 5.15. The van der Waals surface area contributed by atoms with Gasteiger partial charge in [0.1, 0.15) is 10.8 Å². The first-order valence-corrected chi connectivity index (χ1v) is 13.7. The second-order valence-electron chi connectivity index (χ2n) is 8.70. The lowest BCUT2D eigenvalue weighted by Gasteiger charge is -2.13. The maximum Gasteiger partial charge on any atom is 0.184 e. The van der Waals surface area contributed by atoms with Crippen molar-refractivity contribution in [3.63, 3.8) is 0 Å². The molecule has 1 fully saturated rings. The van der Waals surface area contributed by atoms with Gasteiger partial charge in [-0.1, -0.05) is 48.7 Å². The van der Waals surface area contributed by atoms with E-state index in [1.807, 2.05) is 25.1 Å². The maximum absolute atomic E-state index is 13.0. The van der Waals surface area contributed by atoms with Gasteiger partial charge in [0.15, 0.2) is 15.6 Å². The van der Waals surface area contributed by atoms with Gasteiger partial charge in [0.25, 0.3) is 0 Å². The zero-order valence-electron chi connectivity index (χ0n) is 18.6. The lowest BCUT2D eigenvalue weighted by Crippen LogP contribution is -2.16. The number of nitrogens with zero attached hydrogens (tertiary/aromatic N) is 1. The Morgan fingerprint density at radius 1 is 1.03 bits per heavy atom. The number of ketones is 2. The molecule has 0 atom stereocenters. The van der Waals surface area contributed by atoms with Crippen molar-refractivity contribution in [2.24, 2.45) is 5.92 Å². The van der Waals surface area contributed by atoms with Gasteiger partial charge in [-0.3, -0.25) is 9.59 Å². The van der Waals surface area contributed by atoms with Gasteiger partial charge >= 0.3 is 0 Å². The standard InChI is InChI=1S/C26H27NO4S2/c1-18-11-12-20(24(13-18)26(29)19-7-5-6-8-19)14-22(28)15-25-27-21(16-32-25)17-33(30,31)23-9-3-2-4-10-23/h2-4,9-13,16,19H,5-8,14-15,17H2,1H3. The fourth-order valence-electron chi connectivity index (χ4n) is 4.33. The number of sulfone groups is 1. The summed E-state index contributed by atoms with van der Waals surface area (Å²) in [5.74, 6) is -0.0128. The summed E-state index contributed by atoms with van der Waals surface area (Å²) in [4.78, 5) is 30.5. The number of Topliss-reactive ketones (excluding diaryl/α,β-unsaturated/α-hetero) is 2. The summed E-state index contributed by atoms with van der Waals surface area (Å²) in [6.45, 7) is 1.96. The van der Waals surface area contributed by atoms with Crippen LogP contribution in [0.15, 0.2) is 58.8 Å². The third-order valence-corrected chi connectivity index (χ3v) is 8.60. The van der Waals surface area contributed by atoms with Crippen molar-refractivity contribution in [2.45, 2.75) is 56.1 Å². The van der Waals surface area contributed by atoms with Crippen molar-refractivity contribution in [2.75, 3.05) is 0 Å². The Bertz CT molecular complexity index is 1260. The van der Waals surface area contributed by atoms with E-state index in [2.05, 4.69) is 4.98 Å². The topological polar surface area (TPSA) is 81.2 Å². The van der Waals surface area contributed by atoms with Crippen molar-refractivity contribution in [1.82, 2.24) is 4.98 Å². The predicted molar refractivity (Wildman–Crippen MR) is 129 cm³/mol. The Hall–Kier alpha value is -2.64. The number of carbonyl (C=O) groups excluding carboxylic acids is 2. The molecule has 4 rings (SSSR count). The Labute approximate surface area is 198 Å². The number of thiazole rings is 1. The highest BCUT2D eigenvalue weighted by Gasteiger charge is 2.26. The van der Waals surface area contributed by atoms with Crippen molar-refractivity contribution in [3.05, 3.63) is 81.3 Å². The van der Waals surface area contributed by atoms with Crippen molar-refractivity contribution >= 4 is 32.7 Å². The van der Waals surface area contributed by atoms with Gasteiger partial charge in [-0.05, 0) is 43.5 Å². The van der Waals surface area contributed by atoms with Gasteiger partial charge in [0, 0.05) is 23.3 Å². The van der Waals surface area contributed by atoms with Crippen LogP contribution in [0.2, 0.25) is 0 Å². The molecule has 0 radical (unpaired) electrons. The molecule has 1 heterocycles. The molecule has 0 amide bonds. The third-order valence-electron chi connectivity index (χ3n) is 6.03. The van der Waals surface area contributed by atoms with Crippen LogP contribution in [0.25, 0.3) is 0 Å². The summed E-state index contributed by atoms with van der Waals surface area (Å²) in [6, 6.07) is 14.0. The van der Waals surface area contributed by atoms with Gasteiger partial charge < -0.3 is 0 Å². The molecule has 3 aromatic rings. The van der Waals surface area contributed by atoms with Crippen molar-refractivity contribution < 1.29 is 18.0 Å². The van der Waals surface area contributed by atoms with E-state index in [9.17, 15) is 18.0 Å². The van der Waals surface area contributed by atoms with Crippen molar-refractivity contribution in [3.8, 4) is 0 Å². The lowest BCUT2D eigenvalue weighted by atomic mass is 9.90. The average molecular weight is 482 g/mol. The molecule has 33 heavy (non-hydrogen) atoms. The molecule has 2 aromatic carbocycles. The van der Waals surface area contributed by atoms with Crippen LogP contribution in [0.5, 0.6) is 0 Å². The minimum Gasteiger partial charge on any atom is -0.299 e. The fourth-order valence-corrected chi connectivity index (χ4v) is 6.53. The first kappa shape index (κ1) is 23.5. The second-order valence-corrected chi connectivity index (χ2v) is 11.6. The number of benzene rings is 2. The molecule has 0 unspecified atom stereocenters. The van der Waals surface area contributed by atoms with Gasteiger partial charge in [-0.2, -0.15) is 0 Å². The number of aryl methyl sites for hydroxylation is 1. The quantitative estimate of drug-likeness (QED) is 0.395. The Morgan fingerprint density at radius 3 is 2.48 bits per heavy atom. The Balaban J connectivity index is 1.43. The average Bonchev–Trinajstić information content (AvgIpc) is 3.47. The molecule has 1 saturated carbocycles. The van der Waals surface area contributed by atoms with E-state index in [-0.39, 0.29) is 41.0 Å². The van der Waals surface area contributed by atoms with E-state index in [4.69, 9.17) is 0 Å². The van der Waals surface area contributed by atoms with E-state index in [1.165, 1.54) is 11.3 Å². The maximum atomic E-state index is 13.0. The normalized spacial score (nSPS) is 14.5. The number of rotatable bonds is 9. The molecule has 172 valence electrons. The second kappa shape index (κ2) is 10.1. The highest BCUT2D eigenvalue weighted by atomic mass is 32.2. The third kappa shape index (κ3) is 5.84. The molecule has 0 N–H and O–H groups in total.